The molecule has 1 aliphatic rings. The minimum Gasteiger partial charge on any atom is -0.389 e. The summed E-state index contributed by atoms with van der Waals surface area (Å²) in [6.07, 6.45) is 4.57. The molecule has 0 saturated carbocycles. The zero-order valence-electron chi connectivity index (χ0n) is 20.9. The van der Waals surface area contributed by atoms with E-state index < -0.39 is 30.1 Å². The van der Waals surface area contributed by atoms with Crippen molar-refractivity contribution in [3.05, 3.63) is 106 Å². The maximum absolute atomic E-state index is 12.8. The number of hydrogen-bond acceptors (Lipinski definition) is 4. The van der Waals surface area contributed by atoms with Crippen molar-refractivity contribution >= 4 is 17.5 Å². The first-order valence-corrected chi connectivity index (χ1v) is 12.6. The summed E-state index contributed by atoms with van der Waals surface area (Å²) in [5, 5.41) is 9.08. The number of carbonyl (C=O) groups is 3. The van der Waals surface area contributed by atoms with E-state index in [2.05, 4.69) is 48.2 Å². The first-order valence-electron chi connectivity index (χ1n) is 12.6. The van der Waals surface area contributed by atoms with Crippen molar-refractivity contribution in [2.24, 2.45) is 23.5 Å². The maximum atomic E-state index is 12.8. The quantitative estimate of drug-likeness (QED) is 0.282. The Morgan fingerprint density at radius 1 is 0.919 bits per heavy atom. The van der Waals surface area contributed by atoms with Gasteiger partial charge in [0.15, 0.2) is 11.6 Å². The molecule has 188 valence electrons. The summed E-state index contributed by atoms with van der Waals surface area (Å²) in [5.41, 5.74) is 11.6. The Hall–Kier alpha value is -4.01. The number of aryl methyl sites for hydroxylation is 1. The summed E-state index contributed by atoms with van der Waals surface area (Å²) < 4.78 is 0. The largest absolute Gasteiger partial charge is 0.389 e. The van der Waals surface area contributed by atoms with Gasteiger partial charge in [-0.05, 0) is 72.6 Å². The Kier molecular flexibility index (Phi) is 8.32. The van der Waals surface area contributed by atoms with Crippen LogP contribution in [-0.4, -0.2) is 29.2 Å². The zero-order valence-corrected chi connectivity index (χ0v) is 20.9. The molecule has 3 N–H and O–H groups in total. The summed E-state index contributed by atoms with van der Waals surface area (Å²) in [7, 11) is 0. The molecule has 37 heavy (non-hydrogen) atoms. The molecule has 3 aromatic carbocycles. The Labute approximate surface area is 217 Å². The molecule has 4 rings (SSSR count). The van der Waals surface area contributed by atoms with Crippen LogP contribution in [0.25, 0.3) is 0 Å². The Morgan fingerprint density at radius 2 is 1.51 bits per heavy atom. The Balaban J connectivity index is 1.36. The normalized spacial score (nSPS) is 16.0. The average Bonchev–Trinajstić information content (AvgIpc) is 2.92. The lowest BCUT2D eigenvalue weighted by atomic mass is 9.81. The second-order valence-corrected chi connectivity index (χ2v) is 9.76. The molecule has 0 bridgehead atoms. The number of rotatable bonds is 8. The molecule has 0 heterocycles. The number of ketones is 2. The summed E-state index contributed by atoms with van der Waals surface area (Å²) in [6, 6.07) is 23.8. The van der Waals surface area contributed by atoms with Crippen LogP contribution in [0, 0.1) is 29.6 Å². The second-order valence-electron chi connectivity index (χ2n) is 9.76. The molecule has 5 heteroatoms. The number of primary amides is 1. The fourth-order valence-corrected chi connectivity index (χ4v) is 5.06. The van der Waals surface area contributed by atoms with E-state index in [-0.39, 0.29) is 5.78 Å². The highest BCUT2D eigenvalue weighted by molar-refractivity contribution is 6.08. The molecule has 1 aliphatic carbocycles. The lowest BCUT2D eigenvalue weighted by Crippen LogP contribution is -2.39. The van der Waals surface area contributed by atoms with Gasteiger partial charge in [-0.2, -0.15) is 0 Å². The predicted octanol–water partition coefficient (Wildman–Crippen LogP) is 3.92. The number of Topliss-reactive ketones (excluding diaryl/α,β-unsaturated/α-hetero) is 2. The van der Waals surface area contributed by atoms with Crippen molar-refractivity contribution in [1.29, 1.82) is 0 Å². The van der Waals surface area contributed by atoms with Crippen molar-refractivity contribution in [2.45, 2.75) is 32.6 Å². The van der Waals surface area contributed by atoms with Gasteiger partial charge < -0.3 is 10.8 Å². The van der Waals surface area contributed by atoms with Gasteiger partial charge in [0.1, 0.15) is 12.5 Å². The number of benzene rings is 3. The summed E-state index contributed by atoms with van der Waals surface area (Å²) in [6.45, 7) is 0.631. The minimum atomic E-state index is -1.35. The predicted molar refractivity (Wildman–Crippen MR) is 143 cm³/mol. The number of nitrogens with two attached hydrogens (primary N) is 1. The van der Waals surface area contributed by atoms with Crippen LogP contribution in [0.15, 0.2) is 72.8 Å². The SMILES string of the molecule is CC(C(=O)c1ccc(C#Cc2ccc(CC3CCc4ccccc4C3)cc2)cc1)C(C(N)=O)C(=O)CO. The Bertz CT molecular complexity index is 1350. The molecule has 0 fully saturated rings. The number of aliphatic hydroxyl groups is 1. The van der Waals surface area contributed by atoms with Crippen LogP contribution in [0.4, 0.5) is 0 Å². The maximum Gasteiger partial charge on any atom is 0.228 e. The topological polar surface area (TPSA) is 97.5 Å². The first-order chi connectivity index (χ1) is 17.9. The fourth-order valence-electron chi connectivity index (χ4n) is 5.06. The smallest absolute Gasteiger partial charge is 0.228 e. The van der Waals surface area contributed by atoms with Crippen LogP contribution in [-0.2, 0) is 28.9 Å². The van der Waals surface area contributed by atoms with Crippen molar-refractivity contribution in [2.75, 3.05) is 6.61 Å². The molecular weight excluding hydrogens is 462 g/mol. The van der Waals surface area contributed by atoms with Crippen LogP contribution < -0.4 is 5.73 Å². The number of aliphatic hydroxyl groups excluding tert-OH is 1. The fraction of sp³-hybridized carbons (Fsp3) is 0.281. The number of amides is 1. The highest BCUT2D eigenvalue weighted by Crippen LogP contribution is 2.28. The van der Waals surface area contributed by atoms with E-state index in [9.17, 15) is 14.4 Å². The molecule has 5 nitrogen and oxygen atoms in total. The monoisotopic (exact) mass is 493 g/mol. The molecular formula is C32H31NO4. The molecule has 0 aromatic heterocycles. The molecule has 1 amide bonds. The third kappa shape index (κ3) is 6.41. The van der Waals surface area contributed by atoms with E-state index in [1.54, 1.807) is 24.3 Å². The van der Waals surface area contributed by atoms with Gasteiger partial charge in [0.05, 0.1) is 0 Å². The van der Waals surface area contributed by atoms with Gasteiger partial charge in [-0.15, -0.1) is 0 Å². The lowest BCUT2D eigenvalue weighted by Gasteiger charge is -2.24. The van der Waals surface area contributed by atoms with Crippen LogP contribution in [0.3, 0.4) is 0 Å². The summed E-state index contributed by atoms with van der Waals surface area (Å²) in [5.74, 6) is 2.56. The van der Waals surface area contributed by atoms with E-state index in [0.717, 1.165) is 30.4 Å². The van der Waals surface area contributed by atoms with E-state index in [1.165, 1.54) is 30.0 Å². The third-order valence-electron chi connectivity index (χ3n) is 7.17. The summed E-state index contributed by atoms with van der Waals surface area (Å²) in [4.78, 5) is 36.2. The molecule has 0 aliphatic heterocycles. The average molecular weight is 494 g/mol. The first kappa shape index (κ1) is 26.1. The number of fused-ring (bicyclic) bond motifs is 1. The third-order valence-corrected chi connectivity index (χ3v) is 7.17. The van der Waals surface area contributed by atoms with Crippen LogP contribution in [0.2, 0.25) is 0 Å². The molecule has 0 spiro atoms. The molecule has 3 atom stereocenters. The van der Waals surface area contributed by atoms with E-state index in [0.29, 0.717) is 11.5 Å². The number of carbonyl (C=O) groups excluding carboxylic acids is 3. The molecule has 3 aromatic rings. The molecule has 0 saturated heterocycles. The van der Waals surface area contributed by atoms with Gasteiger partial charge >= 0.3 is 0 Å². The van der Waals surface area contributed by atoms with Gasteiger partial charge in [0, 0.05) is 22.6 Å². The zero-order chi connectivity index (χ0) is 26.4. The van der Waals surface area contributed by atoms with Crippen molar-refractivity contribution < 1.29 is 19.5 Å². The molecule has 3 unspecified atom stereocenters. The Morgan fingerprint density at radius 3 is 2.11 bits per heavy atom. The van der Waals surface area contributed by atoms with Crippen LogP contribution >= 0.6 is 0 Å². The van der Waals surface area contributed by atoms with Gasteiger partial charge in [-0.3, -0.25) is 14.4 Å². The second kappa shape index (κ2) is 11.8. The van der Waals surface area contributed by atoms with E-state index in [1.807, 2.05) is 12.1 Å². The highest BCUT2D eigenvalue weighted by atomic mass is 16.3. The van der Waals surface area contributed by atoms with Gasteiger partial charge in [0.2, 0.25) is 5.91 Å². The van der Waals surface area contributed by atoms with Gasteiger partial charge in [-0.1, -0.05) is 67.3 Å². The van der Waals surface area contributed by atoms with Crippen molar-refractivity contribution in [3.63, 3.8) is 0 Å². The van der Waals surface area contributed by atoms with Crippen molar-refractivity contribution in [3.8, 4) is 11.8 Å². The molecule has 0 radical (unpaired) electrons. The van der Waals surface area contributed by atoms with Gasteiger partial charge in [0.25, 0.3) is 0 Å². The highest BCUT2D eigenvalue weighted by Gasteiger charge is 2.34. The van der Waals surface area contributed by atoms with Crippen LogP contribution in [0.1, 0.15) is 51.5 Å². The van der Waals surface area contributed by atoms with E-state index in [4.69, 9.17) is 10.8 Å². The minimum absolute atomic E-state index is 0.352. The van der Waals surface area contributed by atoms with Gasteiger partial charge in [-0.25, -0.2) is 0 Å². The lowest BCUT2D eigenvalue weighted by molar-refractivity contribution is -0.135. The number of hydrogen-bond donors (Lipinski definition) is 2. The van der Waals surface area contributed by atoms with Crippen LogP contribution in [0.5, 0.6) is 0 Å². The standard InChI is InChI=1S/C32H31NO4/c1-21(30(32(33)37)29(35)20-34)31(36)27-16-12-23(13-17-27)7-6-22-8-10-24(11-9-22)18-25-14-15-26-4-2-3-5-28(26)19-25/h2-5,8-13,16-17,21,25,30,34H,14-15,18-20H2,1H3,(H2,33,37). The summed E-state index contributed by atoms with van der Waals surface area (Å²) >= 11 is 0. The van der Waals surface area contributed by atoms with E-state index >= 15 is 0 Å². The van der Waals surface area contributed by atoms with Crippen molar-refractivity contribution in [1.82, 2.24) is 0 Å².